The summed E-state index contributed by atoms with van der Waals surface area (Å²) in [6, 6.07) is 25.7. The molecule has 0 saturated heterocycles. The highest BCUT2D eigenvalue weighted by molar-refractivity contribution is 7.17. The predicted octanol–water partition coefficient (Wildman–Crippen LogP) is 9.53. The van der Waals surface area contributed by atoms with E-state index in [4.69, 9.17) is 9.47 Å². The number of unbranched alkanes of at least 4 members (excludes halogenated alkanes) is 3. The summed E-state index contributed by atoms with van der Waals surface area (Å²) in [4.78, 5) is 69.1. The number of amides is 3. The topological polar surface area (TPSA) is 176 Å². The molecule has 3 aliphatic rings. The number of hydrogen-bond donors (Lipinski definition) is 4. The van der Waals surface area contributed by atoms with Gasteiger partial charge in [0.15, 0.2) is 11.4 Å². The molecule has 0 radical (unpaired) electrons. The highest BCUT2D eigenvalue weighted by atomic mass is 32.1. The Morgan fingerprint density at radius 3 is 2.19 bits per heavy atom. The molecule has 1 aliphatic carbocycles. The first-order valence-corrected chi connectivity index (χ1v) is 24.1. The van der Waals surface area contributed by atoms with Gasteiger partial charge in [0.1, 0.15) is 29.5 Å². The molecule has 9 rings (SSSR count). The maximum absolute atomic E-state index is 13.8. The number of nitrogens with zero attached hydrogens (tertiary/aromatic N) is 2. The van der Waals surface area contributed by atoms with Gasteiger partial charge in [-0.2, -0.15) is 0 Å². The van der Waals surface area contributed by atoms with E-state index >= 15 is 0 Å². The van der Waals surface area contributed by atoms with Gasteiger partial charge >= 0.3 is 5.97 Å². The average Bonchev–Trinajstić information content (AvgIpc) is 4.00. The van der Waals surface area contributed by atoms with Gasteiger partial charge in [-0.15, -0.1) is 11.3 Å². The average molecular weight is 923 g/mol. The van der Waals surface area contributed by atoms with Gasteiger partial charge in [0.25, 0.3) is 5.91 Å². The van der Waals surface area contributed by atoms with Gasteiger partial charge < -0.3 is 39.8 Å². The summed E-state index contributed by atoms with van der Waals surface area (Å²) in [5.74, 6) is -0.311. The summed E-state index contributed by atoms with van der Waals surface area (Å²) in [6.07, 6.45) is 6.75. The van der Waals surface area contributed by atoms with Gasteiger partial charge in [-0.05, 0) is 136 Å². The third-order valence-corrected chi connectivity index (χ3v) is 14.3. The molecule has 0 unspecified atom stereocenters. The van der Waals surface area contributed by atoms with Crippen LogP contribution in [-0.2, 0) is 26.5 Å². The molecule has 2 aromatic heterocycles. The number of phenolic OH excluding ortho intramolecular Hbond substituents is 2. The molecule has 4 aromatic carbocycles. The fourth-order valence-electron chi connectivity index (χ4n) is 10.00. The summed E-state index contributed by atoms with van der Waals surface area (Å²) in [6.45, 7) is 5.58. The largest absolute Gasteiger partial charge is 0.508 e. The number of Topliss-reactive ketones (excluding diaryl/α,β-unsaturated/α-hetero) is 1. The predicted molar refractivity (Wildman–Crippen MR) is 255 cm³/mol. The van der Waals surface area contributed by atoms with Crippen LogP contribution in [0.2, 0.25) is 0 Å². The number of esters is 1. The van der Waals surface area contributed by atoms with Crippen molar-refractivity contribution in [2.24, 2.45) is 11.8 Å². The molecule has 4 N–H and O–H groups in total. The number of anilines is 1. The molecule has 6 aromatic rings. The van der Waals surface area contributed by atoms with Gasteiger partial charge in [0.2, 0.25) is 11.8 Å². The summed E-state index contributed by atoms with van der Waals surface area (Å²) in [5, 5.41) is 28.5. The van der Waals surface area contributed by atoms with Crippen molar-refractivity contribution in [1.29, 1.82) is 0 Å². The maximum Gasteiger partial charge on any atom is 0.340 e. The number of benzene rings is 4. The number of ketones is 1. The standard InChI is InChI=1S/C53H54N4O9S/c1-3-56(36-10-8-9-32(2)25-36)49(61)31-57-43-21-24-67-48(43)30-44(57)45(60)26-33-11-13-34(14-12-33)50(62)54-22-6-4-5-7-23-55-51(63)35-15-18-39-42(27-35)53(66-52(39)64)40-19-16-37(58)28-46(40)65-47-29-38(59)17-20-41(47)53/h8-10,15-21,24-25,27-30,33-34,58-59H,3-7,11-14,22-23,26,31H2,1-2H3,(H,54,62)(H,55,63). The zero-order chi connectivity index (χ0) is 46.8. The van der Waals surface area contributed by atoms with Crippen LogP contribution in [0, 0.1) is 18.8 Å². The number of aryl methyl sites for hydroxylation is 1. The number of aromatic hydroxyl groups is 2. The van der Waals surface area contributed by atoms with Crippen molar-refractivity contribution in [3.63, 3.8) is 0 Å². The monoisotopic (exact) mass is 922 g/mol. The smallest absolute Gasteiger partial charge is 0.340 e. The molecule has 3 amide bonds. The molecule has 13 nitrogen and oxygen atoms in total. The first kappa shape index (κ1) is 45.2. The van der Waals surface area contributed by atoms with E-state index in [1.807, 2.05) is 60.2 Å². The van der Waals surface area contributed by atoms with E-state index in [0.29, 0.717) is 59.6 Å². The van der Waals surface area contributed by atoms with E-state index in [1.54, 1.807) is 46.6 Å². The lowest BCUT2D eigenvalue weighted by Crippen LogP contribution is -2.35. The van der Waals surface area contributed by atoms with E-state index < -0.39 is 11.6 Å². The Labute approximate surface area is 392 Å². The van der Waals surface area contributed by atoms with Crippen LogP contribution in [0.4, 0.5) is 5.69 Å². The number of likely N-dealkylation sites (N-methyl/N-ethyl adjacent to an activating group) is 1. The molecule has 2 aliphatic heterocycles. The van der Waals surface area contributed by atoms with E-state index in [1.165, 1.54) is 24.3 Å². The summed E-state index contributed by atoms with van der Waals surface area (Å²) in [7, 11) is 0. The van der Waals surface area contributed by atoms with Crippen LogP contribution < -0.4 is 20.3 Å². The maximum atomic E-state index is 13.8. The number of carbonyl (C=O) groups excluding carboxylic acids is 5. The molecule has 14 heteroatoms. The Kier molecular flexibility index (Phi) is 12.9. The zero-order valence-corrected chi connectivity index (χ0v) is 38.5. The van der Waals surface area contributed by atoms with Crippen molar-refractivity contribution in [2.45, 2.75) is 83.8 Å². The van der Waals surface area contributed by atoms with Crippen molar-refractivity contribution >= 4 is 56.7 Å². The summed E-state index contributed by atoms with van der Waals surface area (Å²) in [5.41, 5.74) is 4.00. The molecule has 4 heterocycles. The molecule has 1 saturated carbocycles. The molecule has 1 fully saturated rings. The van der Waals surface area contributed by atoms with Crippen LogP contribution >= 0.6 is 11.3 Å². The van der Waals surface area contributed by atoms with Gasteiger partial charge in [0, 0.05) is 72.0 Å². The lowest BCUT2D eigenvalue weighted by Gasteiger charge is -2.36. The van der Waals surface area contributed by atoms with Crippen molar-refractivity contribution in [2.75, 3.05) is 24.5 Å². The molecule has 0 bridgehead atoms. The number of ether oxygens (including phenoxy) is 2. The van der Waals surface area contributed by atoms with Crippen LogP contribution in [0.3, 0.4) is 0 Å². The SMILES string of the molecule is CCN(C(=O)Cn1c(C(=O)CC2CCC(C(=O)NCCCCCCNC(=O)c3ccc4c(c3)C3(OC4=O)c4ccc(O)cc4Oc4cc(O)ccc43)CC2)cc2sccc21)c1cccc(C)c1. The minimum atomic E-state index is -1.46. The van der Waals surface area contributed by atoms with E-state index in [-0.39, 0.29) is 64.9 Å². The Morgan fingerprint density at radius 1 is 0.806 bits per heavy atom. The third-order valence-electron chi connectivity index (χ3n) is 13.4. The van der Waals surface area contributed by atoms with Gasteiger partial charge in [0.05, 0.1) is 21.5 Å². The van der Waals surface area contributed by atoms with E-state index in [9.17, 15) is 34.2 Å². The van der Waals surface area contributed by atoms with E-state index in [2.05, 4.69) is 10.6 Å². The molecule has 0 atom stereocenters. The molecular formula is C53H54N4O9S. The fraction of sp³-hybridized carbons (Fsp3) is 0.340. The Hall–Kier alpha value is -6.93. The van der Waals surface area contributed by atoms with Gasteiger partial charge in [-0.25, -0.2) is 4.79 Å². The van der Waals surface area contributed by atoms with Gasteiger partial charge in [-0.1, -0.05) is 25.0 Å². The number of nitrogens with one attached hydrogen (secondary N) is 2. The second-order valence-electron chi connectivity index (χ2n) is 17.9. The fourth-order valence-corrected chi connectivity index (χ4v) is 10.8. The van der Waals surface area contributed by atoms with Crippen molar-refractivity contribution < 1.29 is 43.7 Å². The van der Waals surface area contributed by atoms with Crippen LogP contribution in [-0.4, -0.2) is 63.9 Å². The highest BCUT2D eigenvalue weighted by Crippen LogP contribution is 2.57. The second-order valence-corrected chi connectivity index (χ2v) is 18.8. The third kappa shape index (κ3) is 9.02. The van der Waals surface area contributed by atoms with Gasteiger partial charge in [-0.3, -0.25) is 19.2 Å². The second kappa shape index (κ2) is 19.1. The van der Waals surface area contributed by atoms with Crippen molar-refractivity contribution in [3.05, 3.63) is 135 Å². The minimum Gasteiger partial charge on any atom is -0.508 e. The highest BCUT2D eigenvalue weighted by Gasteiger charge is 2.54. The quantitative estimate of drug-likeness (QED) is 0.0418. The summed E-state index contributed by atoms with van der Waals surface area (Å²) >= 11 is 1.56. The Morgan fingerprint density at radius 2 is 1.51 bits per heavy atom. The number of rotatable bonds is 16. The number of phenols is 2. The minimum absolute atomic E-state index is 0.0334. The lowest BCUT2D eigenvalue weighted by molar-refractivity contribution is -0.126. The number of fused-ring (bicyclic) bond motifs is 7. The van der Waals surface area contributed by atoms with Crippen LogP contribution in [0.25, 0.3) is 10.2 Å². The first-order chi connectivity index (χ1) is 32.4. The number of hydrogen-bond acceptors (Lipinski definition) is 10. The normalized spacial score (nSPS) is 16.7. The Bertz CT molecular complexity index is 2840. The zero-order valence-electron chi connectivity index (χ0n) is 37.6. The van der Waals surface area contributed by atoms with Crippen molar-refractivity contribution in [1.82, 2.24) is 15.2 Å². The summed E-state index contributed by atoms with van der Waals surface area (Å²) < 4.78 is 15.0. The number of carbonyl (C=O) groups is 5. The van der Waals surface area contributed by atoms with Crippen LogP contribution in [0.1, 0.15) is 118 Å². The van der Waals surface area contributed by atoms with Crippen molar-refractivity contribution in [3.8, 4) is 23.0 Å². The first-order valence-electron chi connectivity index (χ1n) is 23.2. The van der Waals surface area contributed by atoms with E-state index in [0.717, 1.165) is 72.8 Å². The number of thiophene rings is 1. The lowest BCUT2D eigenvalue weighted by atomic mass is 9.77. The molecule has 346 valence electrons. The molecule has 1 spiro atoms. The molecular weight excluding hydrogens is 869 g/mol. The Balaban J connectivity index is 0.710. The van der Waals surface area contributed by atoms with Crippen LogP contribution in [0.5, 0.6) is 23.0 Å². The van der Waals surface area contributed by atoms with Crippen LogP contribution in [0.15, 0.2) is 96.4 Å². The molecule has 67 heavy (non-hydrogen) atoms. The number of aromatic nitrogens is 1.